The third-order valence-electron chi connectivity index (χ3n) is 1.48. The first-order valence-corrected chi connectivity index (χ1v) is 3.83. The van der Waals surface area contributed by atoms with Crippen molar-refractivity contribution in [2.75, 3.05) is 6.61 Å². The number of hydrogen-bond acceptors (Lipinski definition) is 1. The molecular formula is C11H12O. The van der Waals surface area contributed by atoms with E-state index in [-0.39, 0.29) is 0 Å². The Hall–Kier alpha value is -1.50. The summed E-state index contributed by atoms with van der Waals surface area (Å²) < 4.78 is 5.30. The number of rotatable bonds is 4. The van der Waals surface area contributed by atoms with Crippen molar-refractivity contribution in [1.82, 2.24) is 0 Å². The smallest absolute Gasteiger partial charge is 0.119 e. The Bertz CT molecular complexity index is 259. The van der Waals surface area contributed by atoms with Crippen molar-refractivity contribution in [3.63, 3.8) is 0 Å². The summed E-state index contributed by atoms with van der Waals surface area (Å²) in [5.41, 5.74) is 1.10. The standard InChI is InChI=1S/C11H12O/c1-3-9-12-11-7-5-10(4-2)6-8-11/h3-8H,1-2,9H2. The third-order valence-corrected chi connectivity index (χ3v) is 1.48. The summed E-state index contributed by atoms with van der Waals surface area (Å²) in [6.45, 7) is 7.78. The van der Waals surface area contributed by atoms with Crippen LogP contribution in [0.25, 0.3) is 6.08 Å². The van der Waals surface area contributed by atoms with Crippen LogP contribution < -0.4 is 4.74 Å². The van der Waals surface area contributed by atoms with Crippen molar-refractivity contribution in [1.29, 1.82) is 0 Å². The van der Waals surface area contributed by atoms with Crippen LogP contribution in [0.5, 0.6) is 5.75 Å². The van der Waals surface area contributed by atoms with Crippen LogP contribution in [0.2, 0.25) is 0 Å². The average molecular weight is 160 g/mol. The Labute approximate surface area is 73.0 Å². The van der Waals surface area contributed by atoms with Gasteiger partial charge in [0.25, 0.3) is 0 Å². The summed E-state index contributed by atoms with van der Waals surface area (Å²) in [6.07, 6.45) is 3.53. The molecule has 0 amide bonds. The maximum absolute atomic E-state index is 5.30. The zero-order chi connectivity index (χ0) is 8.81. The van der Waals surface area contributed by atoms with E-state index in [4.69, 9.17) is 4.74 Å². The van der Waals surface area contributed by atoms with E-state index in [0.717, 1.165) is 11.3 Å². The van der Waals surface area contributed by atoms with Crippen LogP contribution in [0.1, 0.15) is 5.56 Å². The second-order valence-electron chi connectivity index (χ2n) is 2.37. The Kier molecular flexibility index (Phi) is 3.15. The Morgan fingerprint density at radius 2 is 1.83 bits per heavy atom. The number of benzene rings is 1. The van der Waals surface area contributed by atoms with Crippen molar-refractivity contribution in [2.24, 2.45) is 0 Å². The Balaban J connectivity index is 2.64. The number of hydrogen-bond donors (Lipinski definition) is 0. The average Bonchev–Trinajstić information content (AvgIpc) is 2.15. The molecule has 0 aliphatic carbocycles. The molecule has 0 saturated heterocycles. The van der Waals surface area contributed by atoms with Crippen LogP contribution in [0.3, 0.4) is 0 Å². The topological polar surface area (TPSA) is 9.23 Å². The molecule has 0 aromatic heterocycles. The van der Waals surface area contributed by atoms with E-state index in [2.05, 4.69) is 13.2 Å². The van der Waals surface area contributed by atoms with Crippen molar-refractivity contribution in [2.45, 2.75) is 0 Å². The second-order valence-corrected chi connectivity index (χ2v) is 2.37. The summed E-state index contributed by atoms with van der Waals surface area (Å²) in [5, 5.41) is 0. The molecule has 0 heterocycles. The second kappa shape index (κ2) is 4.39. The molecule has 0 saturated carbocycles. The molecular weight excluding hydrogens is 148 g/mol. The summed E-state index contributed by atoms with van der Waals surface area (Å²) in [6, 6.07) is 7.76. The summed E-state index contributed by atoms with van der Waals surface area (Å²) >= 11 is 0. The van der Waals surface area contributed by atoms with Gasteiger partial charge in [0.15, 0.2) is 0 Å². The molecule has 1 aromatic carbocycles. The fraction of sp³-hybridized carbons (Fsp3) is 0.0909. The zero-order valence-electron chi connectivity index (χ0n) is 6.99. The lowest BCUT2D eigenvalue weighted by Gasteiger charge is -2.02. The summed E-state index contributed by atoms with van der Waals surface area (Å²) in [4.78, 5) is 0. The van der Waals surface area contributed by atoms with E-state index in [1.807, 2.05) is 24.3 Å². The predicted octanol–water partition coefficient (Wildman–Crippen LogP) is 2.89. The molecule has 0 fully saturated rings. The van der Waals surface area contributed by atoms with Crippen molar-refractivity contribution in [3.05, 3.63) is 49.1 Å². The molecule has 1 heteroatoms. The quantitative estimate of drug-likeness (QED) is 0.615. The van der Waals surface area contributed by atoms with Crippen molar-refractivity contribution in [3.8, 4) is 5.75 Å². The molecule has 1 aromatic rings. The maximum atomic E-state index is 5.30. The van der Waals surface area contributed by atoms with Gasteiger partial charge >= 0.3 is 0 Å². The molecule has 0 unspecified atom stereocenters. The Morgan fingerprint density at radius 1 is 1.17 bits per heavy atom. The molecule has 0 atom stereocenters. The lowest BCUT2D eigenvalue weighted by Crippen LogP contribution is -1.91. The van der Waals surface area contributed by atoms with Gasteiger partial charge in [-0.05, 0) is 17.7 Å². The predicted molar refractivity (Wildman–Crippen MR) is 52.2 cm³/mol. The third kappa shape index (κ3) is 2.27. The van der Waals surface area contributed by atoms with Gasteiger partial charge < -0.3 is 4.74 Å². The van der Waals surface area contributed by atoms with Gasteiger partial charge in [-0.3, -0.25) is 0 Å². The number of ether oxygens (including phenoxy) is 1. The lowest BCUT2D eigenvalue weighted by molar-refractivity contribution is 0.363. The minimum atomic E-state index is 0.549. The van der Waals surface area contributed by atoms with Gasteiger partial charge in [-0.15, -0.1) is 0 Å². The van der Waals surface area contributed by atoms with Crippen LogP contribution >= 0.6 is 0 Å². The first-order chi connectivity index (χ1) is 5.86. The van der Waals surface area contributed by atoms with Gasteiger partial charge in [0.2, 0.25) is 0 Å². The maximum Gasteiger partial charge on any atom is 0.119 e. The summed E-state index contributed by atoms with van der Waals surface area (Å²) in [7, 11) is 0. The van der Waals surface area contributed by atoms with Gasteiger partial charge in [0, 0.05) is 0 Å². The minimum Gasteiger partial charge on any atom is -0.490 e. The molecule has 0 aliphatic heterocycles. The highest BCUT2D eigenvalue weighted by molar-refractivity contribution is 5.48. The van der Waals surface area contributed by atoms with E-state index in [9.17, 15) is 0 Å². The highest BCUT2D eigenvalue weighted by Crippen LogP contribution is 2.12. The van der Waals surface area contributed by atoms with Crippen LogP contribution in [-0.2, 0) is 0 Å². The molecule has 0 N–H and O–H groups in total. The van der Waals surface area contributed by atoms with Gasteiger partial charge in [-0.2, -0.15) is 0 Å². The monoisotopic (exact) mass is 160 g/mol. The molecule has 12 heavy (non-hydrogen) atoms. The van der Waals surface area contributed by atoms with Crippen LogP contribution in [0.15, 0.2) is 43.5 Å². The van der Waals surface area contributed by atoms with E-state index in [0.29, 0.717) is 6.61 Å². The first-order valence-electron chi connectivity index (χ1n) is 3.83. The Morgan fingerprint density at radius 3 is 2.33 bits per heavy atom. The molecule has 0 bridgehead atoms. The molecule has 1 nitrogen and oxygen atoms in total. The molecule has 0 radical (unpaired) electrons. The van der Waals surface area contributed by atoms with Crippen LogP contribution in [0, 0.1) is 0 Å². The molecule has 1 rings (SSSR count). The van der Waals surface area contributed by atoms with Gasteiger partial charge in [0.1, 0.15) is 12.4 Å². The molecule has 62 valence electrons. The fourth-order valence-electron chi connectivity index (χ4n) is 0.855. The zero-order valence-corrected chi connectivity index (χ0v) is 6.99. The van der Waals surface area contributed by atoms with Crippen LogP contribution in [0.4, 0.5) is 0 Å². The normalized spacial score (nSPS) is 9.00. The summed E-state index contributed by atoms with van der Waals surface area (Å²) in [5.74, 6) is 0.862. The fourth-order valence-corrected chi connectivity index (χ4v) is 0.855. The first kappa shape index (κ1) is 8.60. The molecule has 0 aliphatic rings. The minimum absolute atomic E-state index is 0.549. The van der Waals surface area contributed by atoms with E-state index < -0.39 is 0 Å². The van der Waals surface area contributed by atoms with Crippen LogP contribution in [-0.4, -0.2) is 6.61 Å². The lowest BCUT2D eigenvalue weighted by atomic mass is 10.2. The highest BCUT2D eigenvalue weighted by Gasteiger charge is 1.89. The van der Waals surface area contributed by atoms with E-state index in [1.165, 1.54) is 0 Å². The highest BCUT2D eigenvalue weighted by atomic mass is 16.5. The van der Waals surface area contributed by atoms with Crippen molar-refractivity contribution < 1.29 is 4.74 Å². The van der Waals surface area contributed by atoms with Crippen molar-refractivity contribution >= 4 is 6.08 Å². The van der Waals surface area contributed by atoms with Gasteiger partial charge in [-0.25, -0.2) is 0 Å². The van der Waals surface area contributed by atoms with Gasteiger partial charge in [-0.1, -0.05) is 37.4 Å². The SMILES string of the molecule is C=CCOc1ccc(C=C)cc1. The van der Waals surface area contributed by atoms with E-state index in [1.54, 1.807) is 12.2 Å². The largest absolute Gasteiger partial charge is 0.490 e. The molecule has 0 spiro atoms. The van der Waals surface area contributed by atoms with E-state index >= 15 is 0 Å². The van der Waals surface area contributed by atoms with Gasteiger partial charge in [0.05, 0.1) is 0 Å².